The maximum atomic E-state index is 12.7. The summed E-state index contributed by atoms with van der Waals surface area (Å²) < 4.78 is 5.41. The van der Waals surface area contributed by atoms with Crippen LogP contribution in [0.2, 0.25) is 0 Å². The number of carbonyl (C=O) groups is 2. The van der Waals surface area contributed by atoms with Gasteiger partial charge < -0.3 is 20.3 Å². The predicted molar refractivity (Wildman–Crippen MR) is 110 cm³/mol. The lowest BCUT2D eigenvalue weighted by Gasteiger charge is -2.24. The lowest BCUT2D eigenvalue weighted by atomic mass is 9.94. The number of aromatic nitrogens is 1. The lowest BCUT2D eigenvalue weighted by Crippen LogP contribution is -2.44. The standard InChI is InChI=1S/C22H28N4O3/c1-22(2,3)29-21(28)25-19-15-26(14-18(19)17-9-5-4-6-10-17)20(27)24-13-16-8-7-11-23-12-16/h4-12,18-19H,13-15H2,1-3H3,(H,24,27)(H,25,28)/t18-,19+/m0/s1. The van der Waals surface area contributed by atoms with Crippen LogP contribution < -0.4 is 10.6 Å². The van der Waals surface area contributed by atoms with Gasteiger partial charge in [-0.3, -0.25) is 4.98 Å². The van der Waals surface area contributed by atoms with Gasteiger partial charge in [-0.05, 0) is 38.0 Å². The Bertz CT molecular complexity index is 821. The van der Waals surface area contributed by atoms with Crippen LogP contribution in [0.25, 0.3) is 0 Å². The highest BCUT2D eigenvalue weighted by molar-refractivity contribution is 5.75. The van der Waals surface area contributed by atoms with Crippen LogP contribution >= 0.6 is 0 Å². The van der Waals surface area contributed by atoms with Crippen molar-refractivity contribution in [2.24, 2.45) is 0 Å². The van der Waals surface area contributed by atoms with Crippen molar-refractivity contribution in [3.05, 3.63) is 66.0 Å². The van der Waals surface area contributed by atoms with Crippen molar-refractivity contribution in [1.82, 2.24) is 20.5 Å². The van der Waals surface area contributed by atoms with E-state index in [0.717, 1.165) is 11.1 Å². The third-order valence-electron chi connectivity index (χ3n) is 4.70. The number of nitrogens with one attached hydrogen (secondary N) is 2. The third kappa shape index (κ3) is 5.94. The highest BCUT2D eigenvalue weighted by Gasteiger charge is 2.37. The van der Waals surface area contributed by atoms with Crippen molar-refractivity contribution in [3.8, 4) is 0 Å². The molecule has 1 aliphatic rings. The van der Waals surface area contributed by atoms with E-state index < -0.39 is 11.7 Å². The Labute approximate surface area is 171 Å². The van der Waals surface area contributed by atoms with Gasteiger partial charge in [-0.2, -0.15) is 0 Å². The maximum Gasteiger partial charge on any atom is 0.407 e. The summed E-state index contributed by atoms with van der Waals surface area (Å²) in [6.07, 6.45) is 2.95. The molecule has 1 aromatic heterocycles. The zero-order valence-electron chi connectivity index (χ0n) is 17.1. The summed E-state index contributed by atoms with van der Waals surface area (Å²) >= 11 is 0. The summed E-state index contributed by atoms with van der Waals surface area (Å²) in [5, 5.41) is 5.88. The fourth-order valence-electron chi connectivity index (χ4n) is 3.40. The van der Waals surface area contributed by atoms with Crippen molar-refractivity contribution < 1.29 is 14.3 Å². The molecule has 3 rings (SSSR count). The number of amides is 3. The van der Waals surface area contributed by atoms with Gasteiger partial charge >= 0.3 is 12.1 Å². The zero-order chi connectivity index (χ0) is 20.9. The van der Waals surface area contributed by atoms with Crippen LogP contribution in [0.3, 0.4) is 0 Å². The summed E-state index contributed by atoms with van der Waals surface area (Å²) in [6.45, 7) is 6.82. The van der Waals surface area contributed by atoms with Crippen LogP contribution in [0.4, 0.5) is 9.59 Å². The molecule has 154 valence electrons. The number of hydrogen-bond acceptors (Lipinski definition) is 4. The first-order valence-corrected chi connectivity index (χ1v) is 9.78. The molecule has 0 saturated carbocycles. The number of benzene rings is 1. The average Bonchev–Trinajstić information content (AvgIpc) is 3.10. The monoisotopic (exact) mass is 396 g/mol. The number of likely N-dealkylation sites (tertiary alicyclic amines) is 1. The molecular weight excluding hydrogens is 368 g/mol. The molecule has 2 aromatic rings. The quantitative estimate of drug-likeness (QED) is 0.831. The SMILES string of the molecule is CC(C)(C)OC(=O)N[C@@H]1CN(C(=O)NCc2cccnc2)C[C@H]1c1ccccc1. The predicted octanol–water partition coefficient (Wildman–Crippen LogP) is 3.28. The number of hydrogen-bond donors (Lipinski definition) is 2. The van der Waals surface area contributed by atoms with E-state index in [2.05, 4.69) is 15.6 Å². The minimum absolute atomic E-state index is 0.00661. The molecule has 29 heavy (non-hydrogen) atoms. The second kappa shape index (κ2) is 8.94. The van der Waals surface area contributed by atoms with E-state index in [1.165, 1.54) is 0 Å². The Hall–Kier alpha value is -3.09. The van der Waals surface area contributed by atoms with Crippen LogP contribution in [0.15, 0.2) is 54.9 Å². The Balaban J connectivity index is 1.67. The molecule has 7 heteroatoms. The van der Waals surface area contributed by atoms with E-state index in [1.807, 2.05) is 63.2 Å². The highest BCUT2D eigenvalue weighted by Crippen LogP contribution is 2.28. The van der Waals surface area contributed by atoms with Crippen molar-refractivity contribution >= 4 is 12.1 Å². The first-order valence-electron chi connectivity index (χ1n) is 9.78. The molecule has 1 aromatic carbocycles. The number of urea groups is 1. The number of carbonyl (C=O) groups excluding carboxylic acids is 2. The third-order valence-corrected chi connectivity index (χ3v) is 4.70. The summed E-state index contributed by atoms with van der Waals surface area (Å²) in [5.74, 6) is -0.00661. The Morgan fingerprint density at radius 3 is 2.55 bits per heavy atom. The highest BCUT2D eigenvalue weighted by atomic mass is 16.6. The lowest BCUT2D eigenvalue weighted by molar-refractivity contribution is 0.0502. The van der Waals surface area contributed by atoms with Crippen molar-refractivity contribution in [2.75, 3.05) is 13.1 Å². The molecule has 2 heterocycles. The van der Waals surface area contributed by atoms with Crippen molar-refractivity contribution in [3.63, 3.8) is 0 Å². The van der Waals surface area contributed by atoms with Gasteiger partial charge in [0.15, 0.2) is 0 Å². The van der Waals surface area contributed by atoms with Gasteiger partial charge in [0.05, 0.1) is 6.04 Å². The van der Waals surface area contributed by atoms with Gasteiger partial charge in [-0.1, -0.05) is 36.4 Å². The molecule has 2 N–H and O–H groups in total. The molecule has 1 aliphatic heterocycles. The van der Waals surface area contributed by atoms with Gasteiger partial charge in [0.25, 0.3) is 0 Å². The first kappa shape index (κ1) is 20.6. The molecular formula is C22H28N4O3. The van der Waals surface area contributed by atoms with Gasteiger partial charge in [0.2, 0.25) is 0 Å². The average molecular weight is 396 g/mol. The first-order chi connectivity index (χ1) is 13.8. The molecule has 0 bridgehead atoms. The second-order valence-electron chi connectivity index (χ2n) is 8.19. The van der Waals surface area contributed by atoms with E-state index >= 15 is 0 Å². The van der Waals surface area contributed by atoms with E-state index in [4.69, 9.17) is 4.74 Å². The second-order valence-corrected chi connectivity index (χ2v) is 8.19. The van der Waals surface area contributed by atoms with Crippen molar-refractivity contribution in [2.45, 2.75) is 44.9 Å². The topological polar surface area (TPSA) is 83.6 Å². The van der Waals surface area contributed by atoms with Crippen LogP contribution in [0.5, 0.6) is 0 Å². The van der Waals surface area contributed by atoms with Crippen molar-refractivity contribution in [1.29, 1.82) is 0 Å². The molecule has 1 saturated heterocycles. The maximum absolute atomic E-state index is 12.7. The normalized spacial score (nSPS) is 18.9. The Kier molecular flexibility index (Phi) is 6.36. The van der Waals surface area contributed by atoms with Gasteiger partial charge in [0, 0.05) is 37.9 Å². The van der Waals surface area contributed by atoms with Gasteiger partial charge in [-0.15, -0.1) is 0 Å². The van der Waals surface area contributed by atoms with E-state index in [9.17, 15) is 9.59 Å². The minimum Gasteiger partial charge on any atom is -0.444 e. The molecule has 3 amide bonds. The minimum atomic E-state index is -0.578. The number of pyridine rings is 1. The van der Waals surface area contributed by atoms with Crippen LogP contribution in [0, 0.1) is 0 Å². The van der Waals surface area contributed by atoms with Crippen LogP contribution in [-0.2, 0) is 11.3 Å². The number of rotatable bonds is 4. The molecule has 2 atom stereocenters. The fraction of sp³-hybridized carbons (Fsp3) is 0.409. The molecule has 0 radical (unpaired) electrons. The molecule has 0 unspecified atom stereocenters. The largest absolute Gasteiger partial charge is 0.444 e. The van der Waals surface area contributed by atoms with Crippen LogP contribution in [-0.4, -0.2) is 46.7 Å². The molecule has 0 aliphatic carbocycles. The van der Waals surface area contributed by atoms with E-state index in [1.54, 1.807) is 17.3 Å². The summed E-state index contributed by atoms with van der Waals surface area (Å²) in [6, 6.07) is 13.3. The smallest absolute Gasteiger partial charge is 0.407 e. The summed E-state index contributed by atoms with van der Waals surface area (Å²) in [4.78, 5) is 30.8. The van der Waals surface area contributed by atoms with Gasteiger partial charge in [0.1, 0.15) is 5.60 Å². The molecule has 0 spiro atoms. The van der Waals surface area contributed by atoms with Gasteiger partial charge in [-0.25, -0.2) is 9.59 Å². The zero-order valence-corrected chi connectivity index (χ0v) is 17.1. The summed E-state index contributed by atoms with van der Waals surface area (Å²) in [5.41, 5.74) is 1.44. The van der Waals surface area contributed by atoms with Crippen LogP contribution in [0.1, 0.15) is 37.8 Å². The summed E-state index contributed by atoms with van der Waals surface area (Å²) in [7, 11) is 0. The van der Waals surface area contributed by atoms with E-state index in [-0.39, 0.29) is 18.0 Å². The number of ether oxygens (including phenoxy) is 1. The van der Waals surface area contributed by atoms with E-state index in [0.29, 0.717) is 19.6 Å². The Morgan fingerprint density at radius 2 is 1.90 bits per heavy atom. The number of nitrogens with zero attached hydrogens (tertiary/aromatic N) is 2. The number of alkyl carbamates (subject to hydrolysis) is 1. The fourth-order valence-corrected chi connectivity index (χ4v) is 3.40. The molecule has 7 nitrogen and oxygen atoms in total. The Morgan fingerprint density at radius 1 is 1.14 bits per heavy atom. The molecule has 1 fully saturated rings.